The number of halogens is 3. The molecular formula is C12H13F3O4. The third-order valence-electron chi connectivity index (χ3n) is 2.14. The summed E-state index contributed by atoms with van der Waals surface area (Å²) in [4.78, 5) is 10.3. The van der Waals surface area contributed by atoms with Crippen LogP contribution in [0.2, 0.25) is 0 Å². The van der Waals surface area contributed by atoms with Gasteiger partial charge in [-0.05, 0) is 24.6 Å². The maximum atomic E-state index is 12.8. The Hall–Kier alpha value is -1.76. The third kappa shape index (κ3) is 4.78. The van der Waals surface area contributed by atoms with Crippen LogP contribution in [-0.4, -0.2) is 30.5 Å². The molecule has 106 valence electrons. The number of hydrogen-bond acceptors (Lipinski definition) is 3. The first-order chi connectivity index (χ1) is 8.84. The van der Waals surface area contributed by atoms with Crippen LogP contribution in [0.3, 0.4) is 0 Å². The summed E-state index contributed by atoms with van der Waals surface area (Å²) < 4.78 is 47.9. The van der Waals surface area contributed by atoms with Crippen molar-refractivity contribution in [2.45, 2.75) is 19.2 Å². The Labute approximate surface area is 107 Å². The predicted octanol–water partition coefficient (Wildman–Crippen LogP) is 2.79. The lowest BCUT2D eigenvalue weighted by Crippen LogP contribution is -2.26. The van der Waals surface area contributed by atoms with Gasteiger partial charge in [0, 0.05) is 0 Å². The van der Waals surface area contributed by atoms with Gasteiger partial charge >= 0.3 is 12.1 Å². The van der Waals surface area contributed by atoms with Crippen molar-refractivity contribution in [3.63, 3.8) is 0 Å². The van der Waals surface area contributed by atoms with Crippen LogP contribution in [0.4, 0.5) is 13.2 Å². The predicted molar refractivity (Wildman–Crippen MR) is 60.0 cm³/mol. The molecule has 1 rings (SSSR count). The molecule has 0 unspecified atom stereocenters. The van der Waals surface area contributed by atoms with Gasteiger partial charge in [0.2, 0.25) is 0 Å². The van der Waals surface area contributed by atoms with Crippen LogP contribution in [0, 0.1) is 0 Å². The van der Waals surface area contributed by atoms with E-state index < -0.39 is 24.9 Å². The molecule has 0 saturated carbocycles. The number of carbonyl (C=O) groups is 1. The van der Waals surface area contributed by atoms with Crippen molar-refractivity contribution in [1.82, 2.24) is 0 Å². The van der Waals surface area contributed by atoms with E-state index >= 15 is 0 Å². The number of carboxylic acids is 1. The average Bonchev–Trinajstić information content (AvgIpc) is 2.28. The molecule has 0 fully saturated rings. The Bertz CT molecular complexity index is 431. The van der Waals surface area contributed by atoms with Gasteiger partial charge in [0.05, 0.1) is 6.61 Å². The first-order valence-electron chi connectivity index (χ1n) is 5.47. The van der Waals surface area contributed by atoms with Crippen molar-refractivity contribution in [3.8, 4) is 5.75 Å². The van der Waals surface area contributed by atoms with Gasteiger partial charge in [0.25, 0.3) is 0 Å². The number of rotatable bonds is 6. The second-order valence-electron chi connectivity index (χ2n) is 3.63. The van der Waals surface area contributed by atoms with Gasteiger partial charge in [0.15, 0.2) is 6.10 Å². The molecular weight excluding hydrogens is 265 g/mol. The van der Waals surface area contributed by atoms with Gasteiger partial charge in [-0.1, -0.05) is 12.1 Å². The maximum absolute atomic E-state index is 12.8. The number of benzene rings is 1. The van der Waals surface area contributed by atoms with Gasteiger partial charge in [-0.15, -0.1) is 0 Å². The number of carboxylic acid groups (broad SMARTS) is 1. The zero-order chi connectivity index (χ0) is 14.5. The summed E-state index contributed by atoms with van der Waals surface area (Å²) in [6.07, 6.45) is -6.98. The van der Waals surface area contributed by atoms with Gasteiger partial charge in [-0.25, -0.2) is 4.79 Å². The lowest BCUT2D eigenvalue weighted by Gasteiger charge is -2.20. The highest BCUT2D eigenvalue weighted by atomic mass is 19.4. The van der Waals surface area contributed by atoms with Crippen molar-refractivity contribution in [3.05, 3.63) is 29.8 Å². The SMILES string of the molecule is CCOc1cccc([C@H](OCC(=O)O)C(F)(F)F)c1. The van der Waals surface area contributed by atoms with Crippen molar-refractivity contribution in [2.75, 3.05) is 13.2 Å². The van der Waals surface area contributed by atoms with Crippen molar-refractivity contribution in [1.29, 1.82) is 0 Å². The molecule has 0 aliphatic rings. The quantitative estimate of drug-likeness (QED) is 0.869. The van der Waals surface area contributed by atoms with Crippen molar-refractivity contribution >= 4 is 5.97 Å². The largest absolute Gasteiger partial charge is 0.494 e. The number of ether oxygens (including phenoxy) is 2. The van der Waals surface area contributed by atoms with E-state index in [0.29, 0.717) is 6.61 Å². The topological polar surface area (TPSA) is 55.8 Å². The van der Waals surface area contributed by atoms with Gasteiger partial charge in [0.1, 0.15) is 12.4 Å². The summed E-state index contributed by atoms with van der Waals surface area (Å²) in [5.41, 5.74) is -0.195. The molecule has 0 saturated heterocycles. The molecule has 0 bridgehead atoms. The summed E-state index contributed by atoms with van der Waals surface area (Å²) in [6, 6.07) is 5.30. The van der Waals surface area contributed by atoms with E-state index in [0.717, 1.165) is 0 Å². The zero-order valence-corrected chi connectivity index (χ0v) is 10.1. The Kier molecular flexibility index (Phi) is 5.17. The average molecular weight is 278 g/mol. The summed E-state index contributed by atoms with van der Waals surface area (Å²) >= 11 is 0. The molecule has 4 nitrogen and oxygen atoms in total. The highest BCUT2D eigenvalue weighted by molar-refractivity contribution is 5.68. The smallest absolute Gasteiger partial charge is 0.418 e. The zero-order valence-electron chi connectivity index (χ0n) is 10.1. The molecule has 1 atom stereocenters. The van der Waals surface area contributed by atoms with Crippen LogP contribution in [0.5, 0.6) is 5.75 Å². The summed E-state index contributed by atoms with van der Waals surface area (Å²) in [6.45, 7) is 0.994. The Morgan fingerprint density at radius 1 is 1.42 bits per heavy atom. The molecule has 1 N–H and O–H groups in total. The first kappa shape index (κ1) is 15.3. The second-order valence-corrected chi connectivity index (χ2v) is 3.63. The highest BCUT2D eigenvalue weighted by Crippen LogP contribution is 2.36. The van der Waals surface area contributed by atoms with E-state index in [2.05, 4.69) is 4.74 Å². The Morgan fingerprint density at radius 2 is 2.11 bits per heavy atom. The molecule has 1 aromatic carbocycles. The second kappa shape index (κ2) is 6.42. The minimum atomic E-state index is -4.69. The molecule has 0 aromatic heterocycles. The first-order valence-corrected chi connectivity index (χ1v) is 5.47. The maximum Gasteiger partial charge on any atom is 0.418 e. The molecule has 0 radical (unpaired) electrons. The van der Waals surface area contributed by atoms with Crippen LogP contribution in [-0.2, 0) is 9.53 Å². The van der Waals surface area contributed by atoms with Crippen molar-refractivity contribution < 1.29 is 32.5 Å². The molecule has 0 heterocycles. The summed E-state index contributed by atoms with van der Waals surface area (Å²) in [5, 5.41) is 8.40. The van der Waals surface area contributed by atoms with E-state index in [1.807, 2.05) is 0 Å². The standard InChI is InChI=1S/C12H13F3O4/c1-2-18-9-5-3-4-8(6-9)11(12(13,14)15)19-7-10(16)17/h3-6,11H,2,7H2,1H3,(H,16,17)/t11-/m0/s1. The lowest BCUT2D eigenvalue weighted by atomic mass is 10.1. The van der Waals surface area contributed by atoms with Gasteiger partial charge in [-0.3, -0.25) is 0 Å². The highest BCUT2D eigenvalue weighted by Gasteiger charge is 2.42. The summed E-state index contributed by atoms with van der Waals surface area (Å²) in [5.74, 6) is -1.19. The fourth-order valence-electron chi connectivity index (χ4n) is 1.47. The molecule has 0 aliphatic heterocycles. The van der Waals surface area contributed by atoms with Gasteiger partial charge < -0.3 is 14.6 Å². The van der Waals surface area contributed by atoms with Crippen LogP contribution >= 0.6 is 0 Å². The van der Waals surface area contributed by atoms with E-state index in [1.165, 1.54) is 24.3 Å². The molecule has 7 heteroatoms. The number of alkyl halides is 3. The van der Waals surface area contributed by atoms with E-state index in [4.69, 9.17) is 9.84 Å². The molecule has 0 aliphatic carbocycles. The van der Waals surface area contributed by atoms with Crippen LogP contribution < -0.4 is 4.74 Å². The molecule has 1 aromatic rings. The minimum absolute atomic E-state index is 0.195. The van der Waals surface area contributed by atoms with Gasteiger partial charge in [-0.2, -0.15) is 13.2 Å². The monoisotopic (exact) mass is 278 g/mol. The van der Waals surface area contributed by atoms with Crippen molar-refractivity contribution in [2.24, 2.45) is 0 Å². The fraction of sp³-hybridized carbons (Fsp3) is 0.417. The van der Waals surface area contributed by atoms with E-state index in [1.54, 1.807) is 6.92 Å². The van der Waals surface area contributed by atoms with Crippen LogP contribution in [0.25, 0.3) is 0 Å². The molecule has 0 amide bonds. The lowest BCUT2D eigenvalue weighted by molar-refractivity contribution is -0.225. The number of aliphatic carboxylic acids is 1. The van der Waals surface area contributed by atoms with Crippen LogP contribution in [0.1, 0.15) is 18.6 Å². The normalized spacial score (nSPS) is 13.1. The summed E-state index contributed by atoms with van der Waals surface area (Å²) in [7, 11) is 0. The minimum Gasteiger partial charge on any atom is -0.494 e. The van der Waals surface area contributed by atoms with E-state index in [9.17, 15) is 18.0 Å². The fourth-order valence-corrected chi connectivity index (χ4v) is 1.47. The third-order valence-corrected chi connectivity index (χ3v) is 2.14. The van der Waals surface area contributed by atoms with E-state index in [-0.39, 0.29) is 11.3 Å². The molecule has 19 heavy (non-hydrogen) atoms. The van der Waals surface area contributed by atoms with Crippen LogP contribution in [0.15, 0.2) is 24.3 Å². The Morgan fingerprint density at radius 3 is 2.63 bits per heavy atom. The Balaban J connectivity index is 2.96. The number of hydrogen-bond donors (Lipinski definition) is 1. The molecule has 0 spiro atoms.